The van der Waals surface area contributed by atoms with Crippen LogP contribution in [0.1, 0.15) is 20.3 Å². The molecular formula is C12H21N7O. The third kappa shape index (κ3) is 2.75. The molecule has 3 rings (SSSR count). The summed E-state index contributed by atoms with van der Waals surface area (Å²) >= 11 is 0. The predicted molar refractivity (Wildman–Crippen MR) is 76.5 cm³/mol. The Morgan fingerprint density at radius 3 is 2.45 bits per heavy atom. The Labute approximate surface area is 118 Å². The number of nitrogen functional groups attached to an aromatic ring is 1. The molecule has 2 aliphatic rings. The molecule has 1 unspecified atom stereocenters. The van der Waals surface area contributed by atoms with Crippen molar-refractivity contribution in [1.82, 2.24) is 15.0 Å². The minimum absolute atomic E-state index is 0.308. The van der Waals surface area contributed by atoms with Gasteiger partial charge in [0.1, 0.15) is 0 Å². The molecule has 0 amide bonds. The molecule has 0 spiro atoms. The minimum Gasteiger partial charge on any atom is -0.378 e. The molecule has 0 bridgehead atoms. The van der Waals surface area contributed by atoms with Crippen molar-refractivity contribution in [3.05, 3.63) is 0 Å². The van der Waals surface area contributed by atoms with Gasteiger partial charge in [0.05, 0.1) is 13.2 Å². The Morgan fingerprint density at radius 1 is 1.20 bits per heavy atom. The van der Waals surface area contributed by atoms with Crippen LogP contribution in [-0.2, 0) is 4.74 Å². The van der Waals surface area contributed by atoms with E-state index in [0.29, 0.717) is 42.5 Å². The second kappa shape index (κ2) is 5.02. The summed E-state index contributed by atoms with van der Waals surface area (Å²) < 4.78 is 5.34. The fourth-order valence-corrected chi connectivity index (χ4v) is 2.27. The predicted octanol–water partition coefficient (Wildman–Crippen LogP) is 0.204. The number of ether oxygens (including phenoxy) is 1. The molecule has 1 aliphatic heterocycles. The summed E-state index contributed by atoms with van der Waals surface area (Å²) in [5.41, 5.74) is 2.81. The number of hydrogen-bond donors (Lipinski definition) is 3. The zero-order valence-corrected chi connectivity index (χ0v) is 11.9. The summed E-state index contributed by atoms with van der Waals surface area (Å²) in [4.78, 5) is 15.1. The SMILES string of the molecule is CC1(C)CC1Nc1nc(NN)nc(N2CCOCC2)n1. The van der Waals surface area contributed by atoms with Gasteiger partial charge in [0, 0.05) is 19.1 Å². The van der Waals surface area contributed by atoms with Gasteiger partial charge in [-0.1, -0.05) is 13.8 Å². The van der Waals surface area contributed by atoms with E-state index in [2.05, 4.69) is 44.4 Å². The fraction of sp³-hybridized carbons (Fsp3) is 0.750. The minimum atomic E-state index is 0.308. The normalized spacial score (nSPS) is 24.4. The largest absolute Gasteiger partial charge is 0.378 e. The first-order valence-electron chi connectivity index (χ1n) is 6.90. The van der Waals surface area contributed by atoms with E-state index in [1.807, 2.05) is 0 Å². The van der Waals surface area contributed by atoms with E-state index in [0.717, 1.165) is 19.5 Å². The van der Waals surface area contributed by atoms with Gasteiger partial charge in [-0.15, -0.1) is 0 Å². The number of hydrazine groups is 1. The summed E-state index contributed by atoms with van der Waals surface area (Å²) in [6.07, 6.45) is 1.12. The van der Waals surface area contributed by atoms with Gasteiger partial charge in [0.25, 0.3) is 0 Å². The number of morpholine rings is 1. The molecule has 8 nitrogen and oxygen atoms in total. The van der Waals surface area contributed by atoms with Crippen molar-refractivity contribution in [3.8, 4) is 0 Å². The molecule has 4 N–H and O–H groups in total. The van der Waals surface area contributed by atoms with Gasteiger partial charge < -0.3 is 15.0 Å². The van der Waals surface area contributed by atoms with Gasteiger partial charge in [0.15, 0.2) is 0 Å². The monoisotopic (exact) mass is 279 g/mol. The van der Waals surface area contributed by atoms with E-state index in [-0.39, 0.29) is 0 Å². The van der Waals surface area contributed by atoms with Crippen molar-refractivity contribution >= 4 is 17.8 Å². The van der Waals surface area contributed by atoms with E-state index in [1.54, 1.807) is 0 Å². The topological polar surface area (TPSA) is 101 Å². The molecule has 1 aromatic heterocycles. The molecule has 2 heterocycles. The van der Waals surface area contributed by atoms with Crippen LogP contribution in [0.2, 0.25) is 0 Å². The summed E-state index contributed by atoms with van der Waals surface area (Å²) in [6, 6.07) is 0.410. The first-order valence-corrected chi connectivity index (χ1v) is 6.90. The number of nitrogens with zero attached hydrogens (tertiary/aromatic N) is 4. The van der Waals surface area contributed by atoms with Crippen molar-refractivity contribution in [3.63, 3.8) is 0 Å². The smallest absolute Gasteiger partial charge is 0.243 e. The molecule has 1 saturated heterocycles. The van der Waals surface area contributed by atoms with Gasteiger partial charge in [-0.25, -0.2) is 5.84 Å². The number of hydrogen-bond acceptors (Lipinski definition) is 8. The Bertz CT molecular complexity index is 487. The number of anilines is 3. The van der Waals surface area contributed by atoms with Gasteiger partial charge in [-0.05, 0) is 11.8 Å². The lowest BCUT2D eigenvalue weighted by molar-refractivity contribution is 0.122. The van der Waals surface area contributed by atoms with Crippen LogP contribution in [-0.4, -0.2) is 47.3 Å². The van der Waals surface area contributed by atoms with Gasteiger partial charge in [-0.2, -0.15) is 15.0 Å². The molecule has 110 valence electrons. The zero-order valence-electron chi connectivity index (χ0n) is 11.9. The lowest BCUT2D eigenvalue weighted by atomic mass is 10.2. The van der Waals surface area contributed by atoms with Crippen molar-refractivity contribution in [2.24, 2.45) is 11.3 Å². The Hall–Kier alpha value is -1.67. The van der Waals surface area contributed by atoms with E-state index in [9.17, 15) is 0 Å². The van der Waals surface area contributed by atoms with Crippen molar-refractivity contribution < 1.29 is 4.74 Å². The molecular weight excluding hydrogens is 258 g/mol. The number of aromatic nitrogens is 3. The van der Waals surface area contributed by atoms with Crippen LogP contribution in [0.25, 0.3) is 0 Å². The lowest BCUT2D eigenvalue weighted by Gasteiger charge is -2.27. The average molecular weight is 279 g/mol. The first kappa shape index (κ1) is 13.3. The summed E-state index contributed by atoms with van der Waals surface area (Å²) in [7, 11) is 0. The maximum absolute atomic E-state index is 5.44. The Morgan fingerprint density at radius 2 is 1.85 bits per heavy atom. The van der Waals surface area contributed by atoms with Crippen molar-refractivity contribution in [1.29, 1.82) is 0 Å². The van der Waals surface area contributed by atoms with E-state index < -0.39 is 0 Å². The van der Waals surface area contributed by atoms with Crippen LogP contribution in [0.15, 0.2) is 0 Å². The molecule has 1 atom stereocenters. The van der Waals surface area contributed by atoms with E-state index in [4.69, 9.17) is 10.6 Å². The first-order chi connectivity index (χ1) is 9.58. The molecule has 20 heavy (non-hydrogen) atoms. The van der Waals surface area contributed by atoms with Crippen molar-refractivity contribution in [2.75, 3.05) is 41.9 Å². The standard InChI is InChI=1S/C12H21N7O/c1-12(2)7-8(12)14-9-15-10(18-13)17-11(16-9)19-3-5-20-6-4-19/h8H,3-7,13H2,1-2H3,(H2,14,15,16,17,18). The van der Waals surface area contributed by atoms with E-state index in [1.165, 1.54) is 0 Å². The number of rotatable bonds is 4. The van der Waals surface area contributed by atoms with Crippen LogP contribution in [0, 0.1) is 5.41 Å². The zero-order chi connectivity index (χ0) is 14.2. The average Bonchev–Trinajstić information content (AvgIpc) is 3.06. The summed E-state index contributed by atoms with van der Waals surface area (Å²) in [6.45, 7) is 7.38. The number of nitrogens with one attached hydrogen (secondary N) is 2. The second-order valence-corrected chi connectivity index (χ2v) is 5.92. The molecule has 8 heteroatoms. The molecule has 1 aliphatic carbocycles. The molecule has 1 saturated carbocycles. The van der Waals surface area contributed by atoms with Crippen LogP contribution >= 0.6 is 0 Å². The van der Waals surface area contributed by atoms with Gasteiger partial charge >= 0.3 is 0 Å². The maximum atomic E-state index is 5.44. The summed E-state index contributed by atoms with van der Waals surface area (Å²) in [5.74, 6) is 7.03. The molecule has 0 aromatic carbocycles. The highest BCUT2D eigenvalue weighted by Gasteiger charge is 2.46. The van der Waals surface area contributed by atoms with Gasteiger partial charge in [-0.3, -0.25) is 5.43 Å². The highest BCUT2D eigenvalue weighted by Crippen LogP contribution is 2.46. The third-order valence-corrected chi connectivity index (χ3v) is 3.86. The van der Waals surface area contributed by atoms with Crippen LogP contribution in [0.5, 0.6) is 0 Å². The van der Waals surface area contributed by atoms with Gasteiger partial charge in [0.2, 0.25) is 17.8 Å². The Balaban J connectivity index is 1.79. The fourth-order valence-electron chi connectivity index (χ4n) is 2.27. The van der Waals surface area contributed by atoms with Crippen LogP contribution in [0.3, 0.4) is 0 Å². The third-order valence-electron chi connectivity index (χ3n) is 3.86. The second-order valence-electron chi connectivity index (χ2n) is 5.92. The highest BCUT2D eigenvalue weighted by molar-refractivity contribution is 5.45. The summed E-state index contributed by atoms with van der Waals surface area (Å²) in [5, 5.41) is 3.34. The van der Waals surface area contributed by atoms with E-state index >= 15 is 0 Å². The quantitative estimate of drug-likeness (QED) is 0.531. The molecule has 1 aromatic rings. The Kier molecular flexibility index (Phi) is 3.35. The van der Waals surface area contributed by atoms with Crippen molar-refractivity contribution in [2.45, 2.75) is 26.3 Å². The number of nitrogens with two attached hydrogens (primary N) is 1. The maximum Gasteiger partial charge on any atom is 0.243 e. The molecule has 0 radical (unpaired) electrons. The molecule has 2 fully saturated rings. The van der Waals surface area contributed by atoms with Crippen LogP contribution in [0.4, 0.5) is 17.8 Å². The lowest BCUT2D eigenvalue weighted by Crippen LogP contribution is -2.37. The highest BCUT2D eigenvalue weighted by atomic mass is 16.5. The van der Waals surface area contributed by atoms with Crippen LogP contribution < -0.4 is 21.5 Å².